The number of ether oxygens (including phenoxy) is 4. The first kappa shape index (κ1) is 17.2. The molecular formula is C23H24N2O4. The minimum Gasteiger partial charge on any atom is -0.466 e. The topological polar surface area (TPSA) is 52.5 Å². The second-order valence-electron chi connectivity index (χ2n) is 8.80. The molecule has 4 aliphatic heterocycles. The molecule has 2 aromatic rings. The molecule has 2 aromatic carbocycles. The van der Waals surface area contributed by atoms with Crippen LogP contribution in [-0.4, -0.2) is 35.4 Å². The Hall–Kier alpha value is -2.73. The van der Waals surface area contributed by atoms with Gasteiger partial charge in [-0.15, -0.1) is 0 Å². The van der Waals surface area contributed by atoms with Crippen molar-refractivity contribution in [2.24, 2.45) is 5.10 Å². The van der Waals surface area contributed by atoms with Gasteiger partial charge in [0.15, 0.2) is 11.5 Å². The fourth-order valence-electron chi connectivity index (χ4n) is 5.05. The summed E-state index contributed by atoms with van der Waals surface area (Å²) in [6.07, 6.45) is 2.39. The standard InChI is InChI=1S/C23H24N2O4/c1-22(2)13-23(9-10-28-22)25-18(16-5-3-4-6-19(16)29-23)12-17(24-25)15-7-8-20-21(11-15)27-14-26-20/h3-8,11,18H,9-10,12-14H2,1-2H3/t18-,23-/m0/s1. The zero-order valence-electron chi connectivity index (χ0n) is 16.7. The molecule has 0 radical (unpaired) electrons. The summed E-state index contributed by atoms with van der Waals surface area (Å²) in [6.45, 7) is 5.20. The van der Waals surface area contributed by atoms with E-state index in [-0.39, 0.29) is 18.4 Å². The van der Waals surface area contributed by atoms with Crippen molar-refractivity contribution in [1.29, 1.82) is 0 Å². The molecule has 2 atom stereocenters. The normalized spacial score (nSPS) is 28.6. The Bertz CT molecular complexity index is 1020. The van der Waals surface area contributed by atoms with Crippen molar-refractivity contribution in [3.05, 3.63) is 53.6 Å². The zero-order chi connectivity index (χ0) is 19.6. The largest absolute Gasteiger partial charge is 0.466 e. The molecule has 1 spiro atoms. The van der Waals surface area contributed by atoms with E-state index >= 15 is 0 Å². The average molecular weight is 392 g/mol. The number of hydrazone groups is 1. The first-order chi connectivity index (χ1) is 14.0. The molecule has 1 saturated heterocycles. The van der Waals surface area contributed by atoms with Crippen LogP contribution in [-0.2, 0) is 4.74 Å². The minimum absolute atomic E-state index is 0.161. The van der Waals surface area contributed by atoms with Crippen LogP contribution in [0.1, 0.15) is 50.3 Å². The summed E-state index contributed by atoms with van der Waals surface area (Å²) in [5.41, 5.74) is 2.58. The molecule has 1 fully saturated rings. The summed E-state index contributed by atoms with van der Waals surface area (Å²) in [5, 5.41) is 7.33. The van der Waals surface area contributed by atoms with E-state index in [0.717, 1.165) is 47.8 Å². The van der Waals surface area contributed by atoms with Crippen molar-refractivity contribution in [2.75, 3.05) is 13.4 Å². The number of nitrogens with zero attached hydrogens (tertiary/aromatic N) is 2. The van der Waals surface area contributed by atoms with E-state index in [9.17, 15) is 0 Å². The minimum atomic E-state index is -0.487. The van der Waals surface area contributed by atoms with Gasteiger partial charge in [-0.05, 0) is 38.1 Å². The second kappa shape index (κ2) is 5.89. The molecule has 0 bridgehead atoms. The summed E-state index contributed by atoms with van der Waals surface area (Å²) in [7, 11) is 0. The molecule has 6 nitrogen and oxygen atoms in total. The molecule has 0 saturated carbocycles. The third-order valence-corrected chi connectivity index (χ3v) is 6.30. The Morgan fingerprint density at radius 3 is 2.79 bits per heavy atom. The summed E-state index contributed by atoms with van der Waals surface area (Å²) in [5.74, 6) is 2.55. The molecule has 0 aliphatic carbocycles. The number of rotatable bonds is 1. The van der Waals surface area contributed by atoms with Gasteiger partial charge in [-0.1, -0.05) is 18.2 Å². The van der Waals surface area contributed by atoms with Gasteiger partial charge >= 0.3 is 0 Å². The van der Waals surface area contributed by atoms with Crippen molar-refractivity contribution in [3.63, 3.8) is 0 Å². The lowest BCUT2D eigenvalue weighted by Crippen LogP contribution is -2.60. The van der Waals surface area contributed by atoms with E-state index in [1.165, 1.54) is 5.56 Å². The smallest absolute Gasteiger partial charge is 0.231 e. The monoisotopic (exact) mass is 392 g/mol. The highest BCUT2D eigenvalue weighted by Gasteiger charge is 2.54. The van der Waals surface area contributed by atoms with Crippen molar-refractivity contribution >= 4 is 5.71 Å². The number of hydrogen-bond acceptors (Lipinski definition) is 6. The van der Waals surface area contributed by atoms with Gasteiger partial charge in [-0.25, -0.2) is 5.01 Å². The predicted molar refractivity (Wildman–Crippen MR) is 107 cm³/mol. The molecule has 4 aliphatic rings. The maximum Gasteiger partial charge on any atom is 0.231 e. The van der Waals surface area contributed by atoms with Crippen LogP contribution in [0.3, 0.4) is 0 Å². The summed E-state index contributed by atoms with van der Waals surface area (Å²) in [6, 6.07) is 14.6. The van der Waals surface area contributed by atoms with E-state index in [4.69, 9.17) is 24.0 Å². The van der Waals surface area contributed by atoms with Crippen molar-refractivity contribution in [2.45, 2.75) is 50.5 Å². The lowest BCUT2D eigenvalue weighted by molar-refractivity contribution is -0.212. The highest BCUT2D eigenvalue weighted by Crippen LogP contribution is 2.52. The molecule has 150 valence electrons. The Kier molecular flexibility index (Phi) is 3.48. The molecule has 0 unspecified atom stereocenters. The van der Waals surface area contributed by atoms with Crippen molar-refractivity contribution < 1.29 is 18.9 Å². The molecule has 0 aromatic heterocycles. The molecule has 4 heterocycles. The molecule has 6 rings (SSSR count). The fourth-order valence-corrected chi connectivity index (χ4v) is 5.05. The summed E-state index contributed by atoms with van der Waals surface area (Å²) >= 11 is 0. The van der Waals surface area contributed by atoms with E-state index < -0.39 is 5.72 Å². The van der Waals surface area contributed by atoms with E-state index in [2.05, 4.69) is 43.1 Å². The van der Waals surface area contributed by atoms with Gasteiger partial charge < -0.3 is 18.9 Å². The van der Waals surface area contributed by atoms with Gasteiger partial charge in [0.25, 0.3) is 0 Å². The third kappa shape index (κ3) is 2.62. The van der Waals surface area contributed by atoms with Crippen molar-refractivity contribution in [1.82, 2.24) is 5.01 Å². The van der Waals surface area contributed by atoms with Crippen LogP contribution in [0.4, 0.5) is 0 Å². The lowest BCUT2D eigenvalue weighted by Gasteiger charge is -2.52. The van der Waals surface area contributed by atoms with Crippen LogP contribution in [0, 0.1) is 0 Å². The fraction of sp³-hybridized carbons (Fsp3) is 0.435. The lowest BCUT2D eigenvalue weighted by atomic mass is 9.86. The average Bonchev–Trinajstić information content (AvgIpc) is 3.34. The number of benzene rings is 2. The van der Waals surface area contributed by atoms with Gasteiger partial charge in [-0.2, -0.15) is 5.10 Å². The third-order valence-electron chi connectivity index (χ3n) is 6.30. The van der Waals surface area contributed by atoms with Gasteiger partial charge in [0.1, 0.15) is 5.75 Å². The zero-order valence-corrected chi connectivity index (χ0v) is 16.7. The van der Waals surface area contributed by atoms with E-state index in [1.54, 1.807) is 0 Å². The molecule has 6 heteroatoms. The molecular weight excluding hydrogens is 368 g/mol. The predicted octanol–water partition coefficient (Wildman–Crippen LogP) is 4.24. The van der Waals surface area contributed by atoms with Crippen LogP contribution >= 0.6 is 0 Å². The molecule has 0 N–H and O–H groups in total. The Balaban J connectivity index is 1.44. The number of hydrogen-bond donors (Lipinski definition) is 0. The Morgan fingerprint density at radius 2 is 1.90 bits per heavy atom. The maximum absolute atomic E-state index is 6.66. The van der Waals surface area contributed by atoms with Crippen LogP contribution in [0.5, 0.6) is 17.2 Å². The molecule has 0 amide bonds. The first-order valence-corrected chi connectivity index (χ1v) is 10.2. The Labute approximate surface area is 170 Å². The summed E-state index contributed by atoms with van der Waals surface area (Å²) < 4.78 is 23.7. The summed E-state index contributed by atoms with van der Waals surface area (Å²) in [4.78, 5) is 0. The highest BCUT2D eigenvalue weighted by molar-refractivity contribution is 6.02. The van der Waals surface area contributed by atoms with E-state index in [1.807, 2.05) is 18.2 Å². The van der Waals surface area contributed by atoms with Gasteiger partial charge in [0, 0.05) is 30.4 Å². The Morgan fingerprint density at radius 1 is 1.03 bits per heavy atom. The molecule has 29 heavy (non-hydrogen) atoms. The SMILES string of the molecule is CC1(C)C[C@]2(CCO1)Oc1ccccc1[C@@H]1CC(c3ccc4c(c3)OCO4)=NN12. The van der Waals surface area contributed by atoms with Crippen LogP contribution in [0.15, 0.2) is 47.6 Å². The van der Waals surface area contributed by atoms with E-state index in [0.29, 0.717) is 6.61 Å². The quantitative estimate of drug-likeness (QED) is 0.726. The van der Waals surface area contributed by atoms with Gasteiger partial charge in [0.05, 0.1) is 24.0 Å². The van der Waals surface area contributed by atoms with Crippen LogP contribution < -0.4 is 14.2 Å². The van der Waals surface area contributed by atoms with Gasteiger partial charge in [0.2, 0.25) is 12.5 Å². The maximum atomic E-state index is 6.66. The van der Waals surface area contributed by atoms with Crippen LogP contribution in [0.2, 0.25) is 0 Å². The first-order valence-electron chi connectivity index (χ1n) is 10.2. The van der Waals surface area contributed by atoms with Crippen molar-refractivity contribution in [3.8, 4) is 17.2 Å². The highest BCUT2D eigenvalue weighted by atomic mass is 16.7. The van der Waals surface area contributed by atoms with Gasteiger partial charge in [-0.3, -0.25) is 0 Å². The number of para-hydroxylation sites is 1. The van der Waals surface area contributed by atoms with Crippen LogP contribution in [0.25, 0.3) is 0 Å². The second-order valence-corrected chi connectivity index (χ2v) is 8.80. The number of fused-ring (bicyclic) bond motifs is 5.